The zero-order chi connectivity index (χ0) is 7.98. The molecule has 56 valence electrons. The maximum absolute atomic E-state index is 10.2. The van der Waals surface area contributed by atoms with E-state index in [9.17, 15) is 4.79 Å². The molecule has 0 bridgehead atoms. The Hall–Kier alpha value is -1.25. The molecular formula is C7H10O3. The smallest absolute Gasteiger partial charge is 0.371 e. The maximum atomic E-state index is 10.2. The van der Waals surface area contributed by atoms with Crippen molar-refractivity contribution >= 4 is 5.97 Å². The number of hydrogen-bond acceptors (Lipinski definition) is 2. The molecule has 0 aromatic rings. The first-order valence-electron chi connectivity index (χ1n) is 2.91. The van der Waals surface area contributed by atoms with Crippen LogP contribution in [-0.2, 0) is 9.53 Å². The van der Waals surface area contributed by atoms with Crippen LogP contribution < -0.4 is 0 Å². The molecule has 0 amide bonds. The number of carboxylic acids is 1. The Bertz CT molecular complexity index is 158. The second-order valence-electron chi connectivity index (χ2n) is 1.50. The van der Waals surface area contributed by atoms with Gasteiger partial charge in [-0.1, -0.05) is 12.7 Å². The summed E-state index contributed by atoms with van der Waals surface area (Å²) in [5.74, 6) is -1.14. The van der Waals surface area contributed by atoms with Gasteiger partial charge in [0, 0.05) is 0 Å². The lowest BCUT2D eigenvalue weighted by atomic mass is 10.4. The fraction of sp³-hybridized carbons (Fsp3) is 0.286. The summed E-state index contributed by atoms with van der Waals surface area (Å²) < 4.78 is 4.73. The van der Waals surface area contributed by atoms with Gasteiger partial charge in [0.2, 0.25) is 5.76 Å². The molecule has 0 aromatic heterocycles. The van der Waals surface area contributed by atoms with E-state index in [1.165, 1.54) is 12.2 Å². The summed E-state index contributed by atoms with van der Waals surface area (Å²) in [6.07, 6.45) is 2.69. The van der Waals surface area contributed by atoms with E-state index in [1.54, 1.807) is 6.92 Å². The topological polar surface area (TPSA) is 46.5 Å². The molecule has 3 heteroatoms. The monoisotopic (exact) mass is 142 g/mol. The molecule has 0 radical (unpaired) electrons. The molecule has 0 spiro atoms. The number of allylic oxidation sites excluding steroid dienone is 2. The third-order valence-electron chi connectivity index (χ3n) is 0.780. The van der Waals surface area contributed by atoms with Crippen molar-refractivity contribution in [3.63, 3.8) is 0 Å². The number of ether oxygens (including phenoxy) is 1. The molecule has 0 aromatic carbocycles. The SMILES string of the molecule is C=C/C=C(\OCC)C(=O)O. The van der Waals surface area contributed by atoms with E-state index in [-0.39, 0.29) is 5.76 Å². The van der Waals surface area contributed by atoms with Gasteiger partial charge in [0.05, 0.1) is 6.61 Å². The summed E-state index contributed by atoms with van der Waals surface area (Å²) in [7, 11) is 0. The van der Waals surface area contributed by atoms with Crippen molar-refractivity contribution in [1.82, 2.24) is 0 Å². The highest BCUT2D eigenvalue weighted by molar-refractivity contribution is 5.84. The minimum Gasteiger partial charge on any atom is -0.487 e. The van der Waals surface area contributed by atoms with Crippen LogP contribution in [0.3, 0.4) is 0 Å². The Balaban J connectivity index is 4.11. The molecule has 0 rings (SSSR count). The van der Waals surface area contributed by atoms with Gasteiger partial charge in [-0.05, 0) is 13.0 Å². The van der Waals surface area contributed by atoms with Gasteiger partial charge in [-0.15, -0.1) is 0 Å². The van der Waals surface area contributed by atoms with Crippen molar-refractivity contribution in [2.45, 2.75) is 6.92 Å². The van der Waals surface area contributed by atoms with Gasteiger partial charge in [-0.3, -0.25) is 0 Å². The number of aliphatic carboxylic acids is 1. The Morgan fingerprint density at radius 3 is 2.70 bits per heavy atom. The lowest BCUT2D eigenvalue weighted by Crippen LogP contribution is -2.03. The van der Waals surface area contributed by atoms with Crippen LogP contribution in [0.15, 0.2) is 24.5 Å². The van der Waals surface area contributed by atoms with Crippen LogP contribution in [0.5, 0.6) is 0 Å². The fourth-order valence-electron chi connectivity index (χ4n) is 0.444. The minimum atomic E-state index is -1.07. The second-order valence-corrected chi connectivity index (χ2v) is 1.50. The summed E-state index contributed by atoms with van der Waals surface area (Å²) in [5.41, 5.74) is 0. The van der Waals surface area contributed by atoms with Crippen LogP contribution in [0.4, 0.5) is 0 Å². The highest BCUT2D eigenvalue weighted by Crippen LogP contribution is 1.96. The Morgan fingerprint density at radius 1 is 1.80 bits per heavy atom. The highest BCUT2D eigenvalue weighted by atomic mass is 16.5. The predicted octanol–water partition coefficient (Wildman–Crippen LogP) is 1.18. The normalized spacial score (nSPS) is 10.7. The van der Waals surface area contributed by atoms with Crippen molar-refractivity contribution in [2.75, 3.05) is 6.61 Å². The van der Waals surface area contributed by atoms with E-state index < -0.39 is 5.97 Å². The Kier molecular flexibility index (Phi) is 4.04. The van der Waals surface area contributed by atoms with Gasteiger partial charge in [-0.25, -0.2) is 4.79 Å². The summed E-state index contributed by atoms with van der Waals surface area (Å²) in [6.45, 7) is 5.42. The third kappa shape index (κ3) is 2.91. The molecular weight excluding hydrogens is 132 g/mol. The zero-order valence-corrected chi connectivity index (χ0v) is 5.83. The molecule has 0 atom stereocenters. The largest absolute Gasteiger partial charge is 0.487 e. The van der Waals surface area contributed by atoms with E-state index in [4.69, 9.17) is 9.84 Å². The summed E-state index contributed by atoms with van der Waals surface area (Å²) in [4.78, 5) is 10.2. The van der Waals surface area contributed by atoms with Gasteiger partial charge >= 0.3 is 5.97 Å². The second kappa shape index (κ2) is 4.61. The van der Waals surface area contributed by atoms with E-state index in [0.29, 0.717) is 6.61 Å². The third-order valence-corrected chi connectivity index (χ3v) is 0.780. The van der Waals surface area contributed by atoms with Crippen molar-refractivity contribution in [1.29, 1.82) is 0 Å². The number of carbonyl (C=O) groups is 1. The molecule has 0 saturated carbocycles. The summed E-state index contributed by atoms with van der Waals surface area (Å²) in [6, 6.07) is 0. The first kappa shape index (κ1) is 8.75. The molecule has 0 unspecified atom stereocenters. The van der Waals surface area contributed by atoms with Crippen LogP contribution in [0.2, 0.25) is 0 Å². The first-order chi connectivity index (χ1) is 4.72. The standard InChI is InChI=1S/C7H10O3/c1-3-5-6(7(8)9)10-4-2/h3,5H,1,4H2,2H3,(H,8,9)/b6-5-. The zero-order valence-electron chi connectivity index (χ0n) is 5.83. The lowest BCUT2D eigenvalue weighted by molar-refractivity contribution is -0.136. The fourth-order valence-corrected chi connectivity index (χ4v) is 0.444. The van der Waals surface area contributed by atoms with Crippen LogP contribution in [0.1, 0.15) is 6.92 Å². The maximum Gasteiger partial charge on any atom is 0.371 e. The average molecular weight is 142 g/mol. The number of carboxylic acid groups (broad SMARTS) is 1. The van der Waals surface area contributed by atoms with Gasteiger partial charge in [0.1, 0.15) is 0 Å². The van der Waals surface area contributed by atoms with Gasteiger partial charge in [0.25, 0.3) is 0 Å². The lowest BCUT2D eigenvalue weighted by Gasteiger charge is -2.00. The van der Waals surface area contributed by atoms with Crippen LogP contribution >= 0.6 is 0 Å². The van der Waals surface area contributed by atoms with E-state index in [2.05, 4.69) is 6.58 Å². The van der Waals surface area contributed by atoms with Crippen molar-refractivity contribution in [3.8, 4) is 0 Å². The Morgan fingerprint density at radius 2 is 2.40 bits per heavy atom. The average Bonchev–Trinajstić information content (AvgIpc) is 1.87. The van der Waals surface area contributed by atoms with Crippen molar-refractivity contribution in [3.05, 3.63) is 24.5 Å². The Labute approximate surface area is 59.6 Å². The predicted molar refractivity (Wildman–Crippen MR) is 37.5 cm³/mol. The molecule has 3 nitrogen and oxygen atoms in total. The minimum absolute atomic E-state index is 0.0718. The summed E-state index contributed by atoms with van der Waals surface area (Å²) in [5, 5.41) is 8.39. The van der Waals surface area contributed by atoms with Gasteiger partial charge in [0.15, 0.2) is 0 Å². The van der Waals surface area contributed by atoms with Crippen LogP contribution in [0, 0.1) is 0 Å². The van der Waals surface area contributed by atoms with Gasteiger partial charge in [-0.2, -0.15) is 0 Å². The van der Waals surface area contributed by atoms with E-state index >= 15 is 0 Å². The quantitative estimate of drug-likeness (QED) is 0.364. The molecule has 1 N–H and O–H groups in total. The van der Waals surface area contributed by atoms with Crippen LogP contribution in [0.25, 0.3) is 0 Å². The molecule has 0 saturated heterocycles. The molecule has 0 aliphatic carbocycles. The van der Waals surface area contributed by atoms with E-state index in [0.717, 1.165) is 0 Å². The molecule has 10 heavy (non-hydrogen) atoms. The van der Waals surface area contributed by atoms with Gasteiger partial charge < -0.3 is 9.84 Å². The number of rotatable bonds is 4. The van der Waals surface area contributed by atoms with Crippen molar-refractivity contribution < 1.29 is 14.6 Å². The first-order valence-corrected chi connectivity index (χ1v) is 2.91. The van der Waals surface area contributed by atoms with Crippen LogP contribution in [-0.4, -0.2) is 17.7 Å². The molecule has 0 heterocycles. The molecule has 0 fully saturated rings. The van der Waals surface area contributed by atoms with E-state index in [1.807, 2.05) is 0 Å². The molecule has 0 aliphatic heterocycles. The highest BCUT2D eigenvalue weighted by Gasteiger charge is 2.04. The van der Waals surface area contributed by atoms with Crippen molar-refractivity contribution in [2.24, 2.45) is 0 Å². The number of hydrogen-bond donors (Lipinski definition) is 1. The summed E-state index contributed by atoms with van der Waals surface area (Å²) >= 11 is 0. The molecule has 0 aliphatic rings.